The number of aromatic amines is 1. The number of hydrogen-bond acceptors (Lipinski definition) is 4. The van der Waals surface area contributed by atoms with E-state index in [1.807, 2.05) is 12.1 Å². The van der Waals surface area contributed by atoms with Gasteiger partial charge in [0.15, 0.2) is 11.5 Å². The molecule has 25 heavy (non-hydrogen) atoms. The van der Waals surface area contributed by atoms with E-state index in [2.05, 4.69) is 10.3 Å². The number of rotatable bonds is 3. The Labute approximate surface area is 142 Å². The van der Waals surface area contributed by atoms with Gasteiger partial charge < -0.3 is 20.5 Å². The summed E-state index contributed by atoms with van der Waals surface area (Å²) in [6.45, 7) is 1.45. The number of anilines is 2. The number of carbonyl (C=O) groups is 2. The van der Waals surface area contributed by atoms with Crippen molar-refractivity contribution in [1.29, 1.82) is 0 Å². The zero-order valence-electron chi connectivity index (χ0n) is 13.4. The number of para-hydroxylation sites is 1. The van der Waals surface area contributed by atoms with Gasteiger partial charge in [0.25, 0.3) is 5.91 Å². The highest BCUT2D eigenvalue weighted by Gasteiger charge is 2.13. The van der Waals surface area contributed by atoms with Crippen LogP contribution in [0.4, 0.5) is 11.4 Å². The first-order valence-electron chi connectivity index (χ1n) is 7.74. The van der Waals surface area contributed by atoms with Crippen LogP contribution in [0.3, 0.4) is 0 Å². The minimum atomic E-state index is -0.273. The van der Waals surface area contributed by atoms with E-state index in [0.717, 1.165) is 16.3 Å². The molecule has 0 saturated heterocycles. The average molecular weight is 333 g/mol. The van der Waals surface area contributed by atoms with Gasteiger partial charge in [-0.3, -0.25) is 9.59 Å². The summed E-state index contributed by atoms with van der Waals surface area (Å²) in [5, 5.41) is 4.46. The van der Waals surface area contributed by atoms with Crippen molar-refractivity contribution in [3.8, 4) is 0 Å². The molecule has 124 valence electrons. The van der Waals surface area contributed by atoms with Crippen molar-refractivity contribution in [3.05, 3.63) is 60.0 Å². The van der Waals surface area contributed by atoms with Crippen molar-refractivity contribution in [2.45, 2.75) is 6.92 Å². The van der Waals surface area contributed by atoms with Gasteiger partial charge in [0.2, 0.25) is 0 Å². The molecule has 0 aliphatic carbocycles. The molecule has 0 unspecified atom stereocenters. The average Bonchev–Trinajstić information content (AvgIpc) is 3.19. The van der Waals surface area contributed by atoms with Gasteiger partial charge in [-0.1, -0.05) is 12.1 Å². The van der Waals surface area contributed by atoms with Gasteiger partial charge >= 0.3 is 0 Å². The summed E-state index contributed by atoms with van der Waals surface area (Å²) in [5.41, 5.74) is 8.87. The van der Waals surface area contributed by atoms with Crippen molar-refractivity contribution in [2.75, 3.05) is 11.1 Å². The van der Waals surface area contributed by atoms with Gasteiger partial charge in [0, 0.05) is 23.4 Å². The minimum Gasteiger partial charge on any atom is -0.453 e. The van der Waals surface area contributed by atoms with E-state index in [4.69, 9.17) is 10.2 Å². The van der Waals surface area contributed by atoms with E-state index in [1.54, 1.807) is 36.4 Å². The normalized spacial score (nSPS) is 11.1. The Kier molecular flexibility index (Phi) is 3.32. The maximum absolute atomic E-state index is 12.5. The van der Waals surface area contributed by atoms with Crippen LogP contribution in [-0.2, 0) is 0 Å². The van der Waals surface area contributed by atoms with Crippen LogP contribution in [0.15, 0.2) is 52.9 Å². The first-order chi connectivity index (χ1) is 12.0. The van der Waals surface area contributed by atoms with Crippen LogP contribution in [0.5, 0.6) is 0 Å². The number of furan rings is 1. The molecule has 4 aromatic rings. The number of hydrogen-bond donors (Lipinski definition) is 3. The van der Waals surface area contributed by atoms with Crippen LogP contribution in [-0.4, -0.2) is 16.7 Å². The molecule has 4 rings (SSSR count). The lowest BCUT2D eigenvalue weighted by molar-refractivity contribution is 0.0987. The molecule has 0 bridgehead atoms. The summed E-state index contributed by atoms with van der Waals surface area (Å²) in [4.78, 5) is 26.9. The summed E-state index contributed by atoms with van der Waals surface area (Å²) in [7, 11) is 0. The van der Waals surface area contributed by atoms with Crippen molar-refractivity contribution >= 4 is 44.9 Å². The van der Waals surface area contributed by atoms with Crippen LogP contribution in [0.2, 0.25) is 0 Å². The van der Waals surface area contributed by atoms with Crippen molar-refractivity contribution in [2.24, 2.45) is 0 Å². The molecule has 2 aromatic carbocycles. The predicted molar refractivity (Wildman–Crippen MR) is 96.9 cm³/mol. The number of nitrogen functional groups attached to an aromatic ring is 1. The lowest BCUT2D eigenvalue weighted by Gasteiger charge is -2.03. The molecular weight excluding hydrogens is 318 g/mol. The fraction of sp³-hybridized carbons (Fsp3) is 0.0526. The minimum absolute atomic E-state index is 0.141. The summed E-state index contributed by atoms with van der Waals surface area (Å²) in [5.74, 6) is -0.118. The SMILES string of the molecule is CC(=O)c1cc2cc(NC(=O)c3cc4cccc(N)c4[nH]3)ccc2o1. The quantitative estimate of drug-likeness (QED) is 0.390. The lowest BCUT2D eigenvalue weighted by Crippen LogP contribution is -2.12. The number of fused-ring (bicyclic) bond motifs is 2. The molecule has 0 saturated carbocycles. The van der Waals surface area contributed by atoms with Crippen LogP contribution >= 0.6 is 0 Å². The zero-order valence-corrected chi connectivity index (χ0v) is 13.4. The van der Waals surface area contributed by atoms with Crippen molar-refractivity contribution in [3.63, 3.8) is 0 Å². The Balaban J connectivity index is 1.64. The number of aromatic nitrogens is 1. The first-order valence-corrected chi connectivity index (χ1v) is 7.74. The fourth-order valence-corrected chi connectivity index (χ4v) is 2.80. The molecule has 6 nitrogen and oxygen atoms in total. The van der Waals surface area contributed by atoms with Gasteiger partial charge in [0.05, 0.1) is 11.2 Å². The van der Waals surface area contributed by atoms with E-state index in [0.29, 0.717) is 28.4 Å². The second-order valence-corrected chi connectivity index (χ2v) is 5.87. The molecule has 0 aliphatic heterocycles. The highest BCUT2D eigenvalue weighted by atomic mass is 16.3. The number of carbonyl (C=O) groups excluding carboxylic acids is 2. The third kappa shape index (κ3) is 2.63. The number of nitrogens with two attached hydrogens (primary N) is 1. The van der Waals surface area contributed by atoms with Gasteiger partial charge in [0.1, 0.15) is 11.3 Å². The molecule has 6 heteroatoms. The number of H-pyrrole nitrogens is 1. The van der Waals surface area contributed by atoms with Crippen LogP contribution in [0.1, 0.15) is 28.0 Å². The van der Waals surface area contributed by atoms with Crippen LogP contribution < -0.4 is 11.1 Å². The third-order valence-corrected chi connectivity index (χ3v) is 4.05. The molecule has 2 heterocycles. The highest BCUT2D eigenvalue weighted by Crippen LogP contribution is 2.25. The predicted octanol–water partition coefficient (Wildman–Crippen LogP) is 3.95. The van der Waals surface area contributed by atoms with Crippen molar-refractivity contribution < 1.29 is 14.0 Å². The highest BCUT2D eigenvalue weighted by molar-refractivity contribution is 6.08. The number of amides is 1. The van der Waals surface area contributed by atoms with E-state index >= 15 is 0 Å². The number of Topliss-reactive ketones (excluding diaryl/α,β-unsaturated/α-hetero) is 1. The maximum atomic E-state index is 12.5. The number of ketones is 1. The summed E-state index contributed by atoms with van der Waals surface area (Å²) < 4.78 is 5.44. The summed E-state index contributed by atoms with van der Waals surface area (Å²) in [6.07, 6.45) is 0. The largest absolute Gasteiger partial charge is 0.453 e. The Morgan fingerprint density at radius 1 is 1.08 bits per heavy atom. The second-order valence-electron chi connectivity index (χ2n) is 5.87. The van der Waals surface area contributed by atoms with Gasteiger partial charge in [-0.25, -0.2) is 0 Å². The Bertz CT molecular complexity index is 1140. The molecule has 0 radical (unpaired) electrons. The maximum Gasteiger partial charge on any atom is 0.272 e. The molecule has 0 atom stereocenters. The first kappa shape index (κ1) is 15.0. The summed E-state index contributed by atoms with van der Waals surface area (Å²) >= 11 is 0. The fourth-order valence-electron chi connectivity index (χ4n) is 2.80. The number of nitrogens with one attached hydrogen (secondary N) is 2. The molecule has 2 aromatic heterocycles. The van der Waals surface area contributed by atoms with E-state index in [9.17, 15) is 9.59 Å². The monoisotopic (exact) mass is 333 g/mol. The standard InChI is InChI=1S/C19H15N3O3/c1-10(23)17-9-12-7-13(5-6-16(12)25-17)21-19(24)15-8-11-3-2-4-14(20)18(11)22-15/h2-9,22H,20H2,1H3,(H,21,24). The van der Waals surface area contributed by atoms with Gasteiger partial charge in [-0.05, 0) is 36.4 Å². The molecule has 0 fully saturated rings. The van der Waals surface area contributed by atoms with E-state index in [-0.39, 0.29) is 11.7 Å². The second kappa shape index (κ2) is 5.52. The smallest absolute Gasteiger partial charge is 0.272 e. The van der Waals surface area contributed by atoms with E-state index in [1.165, 1.54) is 6.92 Å². The topological polar surface area (TPSA) is 101 Å². The van der Waals surface area contributed by atoms with Crippen molar-refractivity contribution in [1.82, 2.24) is 4.98 Å². The van der Waals surface area contributed by atoms with Crippen LogP contribution in [0, 0.1) is 0 Å². The summed E-state index contributed by atoms with van der Waals surface area (Å²) in [6, 6.07) is 14.1. The molecular formula is C19H15N3O3. The van der Waals surface area contributed by atoms with Gasteiger partial charge in [-0.15, -0.1) is 0 Å². The Morgan fingerprint density at radius 3 is 2.68 bits per heavy atom. The lowest BCUT2D eigenvalue weighted by atomic mass is 10.2. The van der Waals surface area contributed by atoms with Gasteiger partial charge in [-0.2, -0.15) is 0 Å². The molecule has 4 N–H and O–H groups in total. The Morgan fingerprint density at radius 2 is 1.92 bits per heavy atom. The Hall–Kier alpha value is -3.54. The molecule has 1 amide bonds. The zero-order chi connectivity index (χ0) is 17.6. The molecule has 0 aliphatic rings. The number of benzene rings is 2. The third-order valence-electron chi connectivity index (χ3n) is 4.05. The molecule has 0 spiro atoms. The van der Waals surface area contributed by atoms with Crippen LogP contribution in [0.25, 0.3) is 21.9 Å². The van der Waals surface area contributed by atoms with E-state index < -0.39 is 0 Å².